The standard InChI is InChI=1S/C18H25N7O4S/c1-11-15(12(2)24(22-11)14-6-7-30(28,29)10-14)9-23(3)18-19-8-16(25(26)27)17(21-18)20-13-4-5-13/h8,13-14H,4-7,9-10H2,1-3H3,(H,19,20,21)/t14-/m0/s1. The van der Waals surface area contributed by atoms with E-state index in [4.69, 9.17) is 0 Å². The molecule has 0 unspecified atom stereocenters. The van der Waals surface area contributed by atoms with Crippen LogP contribution in [0.3, 0.4) is 0 Å². The van der Waals surface area contributed by atoms with Gasteiger partial charge in [0, 0.05) is 30.9 Å². The number of aromatic nitrogens is 4. The van der Waals surface area contributed by atoms with Gasteiger partial charge >= 0.3 is 5.69 Å². The summed E-state index contributed by atoms with van der Waals surface area (Å²) in [7, 11) is -1.19. The van der Waals surface area contributed by atoms with Gasteiger partial charge in [0.2, 0.25) is 11.8 Å². The molecule has 0 amide bonds. The number of nitrogens with one attached hydrogen (secondary N) is 1. The van der Waals surface area contributed by atoms with E-state index in [-0.39, 0.29) is 35.1 Å². The van der Waals surface area contributed by atoms with Crippen LogP contribution >= 0.6 is 0 Å². The third-order valence-electron chi connectivity index (χ3n) is 5.64. The topological polar surface area (TPSA) is 136 Å². The summed E-state index contributed by atoms with van der Waals surface area (Å²) >= 11 is 0. The Bertz CT molecular complexity index is 1090. The molecule has 12 heteroatoms. The third kappa shape index (κ3) is 4.09. The maximum Gasteiger partial charge on any atom is 0.329 e. The Kier molecular flexibility index (Phi) is 5.12. The second kappa shape index (κ2) is 7.49. The predicted molar refractivity (Wildman–Crippen MR) is 111 cm³/mol. The number of hydrogen-bond donors (Lipinski definition) is 1. The minimum absolute atomic E-state index is 0.117. The van der Waals surface area contributed by atoms with Gasteiger partial charge in [-0.25, -0.2) is 13.4 Å². The molecule has 3 heterocycles. The van der Waals surface area contributed by atoms with Crippen LogP contribution in [0.1, 0.15) is 42.3 Å². The summed E-state index contributed by atoms with van der Waals surface area (Å²) in [6, 6.07) is 0.0832. The molecule has 1 atom stereocenters. The van der Waals surface area contributed by atoms with E-state index in [9.17, 15) is 18.5 Å². The fourth-order valence-corrected chi connectivity index (χ4v) is 5.46. The Hall–Kier alpha value is -2.76. The zero-order valence-electron chi connectivity index (χ0n) is 17.2. The van der Waals surface area contributed by atoms with Gasteiger partial charge in [-0.05, 0) is 33.1 Å². The lowest BCUT2D eigenvalue weighted by Gasteiger charge is -2.18. The first-order chi connectivity index (χ1) is 14.1. The average Bonchev–Trinajstić information content (AvgIpc) is 3.36. The van der Waals surface area contributed by atoms with Crippen LogP contribution in [-0.4, -0.2) is 57.7 Å². The van der Waals surface area contributed by atoms with Crippen molar-refractivity contribution in [2.24, 2.45) is 0 Å². The Balaban J connectivity index is 1.57. The molecule has 1 saturated heterocycles. The molecule has 162 valence electrons. The van der Waals surface area contributed by atoms with Crippen molar-refractivity contribution in [2.45, 2.75) is 51.7 Å². The highest BCUT2D eigenvalue weighted by molar-refractivity contribution is 7.91. The summed E-state index contributed by atoms with van der Waals surface area (Å²) in [5.41, 5.74) is 2.57. The van der Waals surface area contributed by atoms with E-state index >= 15 is 0 Å². The lowest BCUT2D eigenvalue weighted by atomic mass is 10.2. The van der Waals surface area contributed by atoms with Crippen LogP contribution in [-0.2, 0) is 16.4 Å². The third-order valence-corrected chi connectivity index (χ3v) is 7.39. The largest absolute Gasteiger partial charge is 0.361 e. The Labute approximate surface area is 174 Å². The monoisotopic (exact) mass is 435 g/mol. The number of nitro groups is 1. The quantitative estimate of drug-likeness (QED) is 0.509. The van der Waals surface area contributed by atoms with E-state index in [1.165, 1.54) is 6.20 Å². The first-order valence-electron chi connectivity index (χ1n) is 9.88. The van der Waals surface area contributed by atoms with Gasteiger partial charge in [-0.2, -0.15) is 10.1 Å². The minimum atomic E-state index is -3.00. The molecule has 11 nitrogen and oxygen atoms in total. The van der Waals surface area contributed by atoms with Crippen LogP contribution in [0.25, 0.3) is 0 Å². The van der Waals surface area contributed by atoms with Gasteiger partial charge in [-0.3, -0.25) is 14.8 Å². The number of hydrogen-bond acceptors (Lipinski definition) is 9. The van der Waals surface area contributed by atoms with E-state index in [1.54, 1.807) is 0 Å². The predicted octanol–water partition coefficient (Wildman–Crippen LogP) is 1.77. The Morgan fingerprint density at radius 3 is 2.67 bits per heavy atom. The van der Waals surface area contributed by atoms with Crippen molar-refractivity contribution in [2.75, 3.05) is 28.8 Å². The van der Waals surface area contributed by atoms with E-state index < -0.39 is 14.8 Å². The zero-order chi connectivity index (χ0) is 21.6. The Morgan fingerprint density at radius 1 is 1.33 bits per heavy atom. The first kappa shape index (κ1) is 20.5. The lowest BCUT2D eigenvalue weighted by molar-refractivity contribution is -0.384. The molecular weight excluding hydrogens is 410 g/mol. The maximum absolute atomic E-state index is 11.8. The molecule has 1 aliphatic carbocycles. The molecule has 1 N–H and O–H groups in total. The van der Waals surface area contributed by atoms with Crippen molar-refractivity contribution in [3.63, 3.8) is 0 Å². The molecule has 0 aromatic carbocycles. The van der Waals surface area contributed by atoms with Crippen molar-refractivity contribution in [1.82, 2.24) is 19.7 Å². The number of aryl methyl sites for hydroxylation is 1. The summed E-state index contributed by atoms with van der Waals surface area (Å²) in [6.45, 7) is 4.29. The lowest BCUT2D eigenvalue weighted by Crippen LogP contribution is -2.21. The highest BCUT2D eigenvalue weighted by Gasteiger charge is 2.32. The molecule has 1 aliphatic heterocycles. The fourth-order valence-electron chi connectivity index (χ4n) is 3.77. The van der Waals surface area contributed by atoms with Crippen LogP contribution in [0.5, 0.6) is 0 Å². The van der Waals surface area contributed by atoms with Gasteiger partial charge in [-0.1, -0.05) is 0 Å². The molecule has 0 bridgehead atoms. The van der Waals surface area contributed by atoms with E-state index in [1.807, 2.05) is 30.5 Å². The molecule has 1 saturated carbocycles. The van der Waals surface area contributed by atoms with Crippen molar-refractivity contribution < 1.29 is 13.3 Å². The molecule has 0 spiro atoms. The minimum Gasteiger partial charge on any atom is -0.361 e. The van der Waals surface area contributed by atoms with Crippen LogP contribution in [0.4, 0.5) is 17.5 Å². The van der Waals surface area contributed by atoms with Gasteiger partial charge < -0.3 is 10.2 Å². The van der Waals surface area contributed by atoms with Gasteiger partial charge in [0.1, 0.15) is 6.20 Å². The maximum atomic E-state index is 11.8. The van der Waals surface area contributed by atoms with Crippen LogP contribution < -0.4 is 10.2 Å². The normalized spacial score (nSPS) is 20.3. The van der Waals surface area contributed by atoms with Crippen molar-refractivity contribution in [3.05, 3.63) is 33.3 Å². The van der Waals surface area contributed by atoms with Gasteiger partial charge in [0.15, 0.2) is 9.84 Å². The van der Waals surface area contributed by atoms with Crippen molar-refractivity contribution >= 4 is 27.3 Å². The number of sulfone groups is 1. The SMILES string of the molecule is Cc1nn([C@H]2CCS(=O)(=O)C2)c(C)c1CN(C)c1ncc([N+](=O)[O-])c(NC2CC2)n1. The number of rotatable bonds is 7. The summed E-state index contributed by atoms with van der Waals surface area (Å²) < 4.78 is 25.5. The zero-order valence-corrected chi connectivity index (χ0v) is 18.0. The van der Waals surface area contributed by atoms with Gasteiger partial charge in [0.25, 0.3) is 0 Å². The summed E-state index contributed by atoms with van der Waals surface area (Å²) in [5.74, 6) is 0.920. The smallest absolute Gasteiger partial charge is 0.329 e. The highest BCUT2D eigenvalue weighted by atomic mass is 32.2. The summed E-state index contributed by atoms with van der Waals surface area (Å²) in [5, 5.41) is 19.0. The van der Waals surface area contributed by atoms with Crippen LogP contribution in [0, 0.1) is 24.0 Å². The first-order valence-corrected chi connectivity index (χ1v) is 11.7. The molecule has 2 fully saturated rings. The van der Waals surface area contributed by atoms with Crippen molar-refractivity contribution in [3.8, 4) is 0 Å². The molecule has 4 rings (SSSR count). The number of nitrogens with zero attached hydrogens (tertiary/aromatic N) is 6. The molecule has 30 heavy (non-hydrogen) atoms. The molecule has 2 aromatic rings. The van der Waals surface area contributed by atoms with Crippen LogP contribution in [0.15, 0.2) is 6.20 Å². The van der Waals surface area contributed by atoms with E-state index in [2.05, 4.69) is 20.4 Å². The Morgan fingerprint density at radius 2 is 2.07 bits per heavy atom. The second-order valence-electron chi connectivity index (χ2n) is 8.09. The molecule has 2 aromatic heterocycles. The second-order valence-corrected chi connectivity index (χ2v) is 10.3. The average molecular weight is 436 g/mol. The van der Waals surface area contributed by atoms with E-state index in [0.717, 1.165) is 29.8 Å². The van der Waals surface area contributed by atoms with Gasteiger partial charge in [0.05, 0.1) is 28.2 Å². The fraction of sp³-hybridized carbons (Fsp3) is 0.611. The number of anilines is 2. The summed E-state index contributed by atoms with van der Waals surface area (Å²) in [6.07, 6.45) is 3.75. The van der Waals surface area contributed by atoms with Crippen molar-refractivity contribution in [1.29, 1.82) is 0 Å². The molecular formula is C18H25N7O4S. The van der Waals surface area contributed by atoms with Gasteiger partial charge in [-0.15, -0.1) is 0 Å². The highest BCUT2D eigenvalue weighted by Crippen LogP contribution is 2.31. The van der Waals surface area contributed by atoms with E-state index in [0.29, 0.717) is 18.9 Å². The van der Waals surface area contributed by atoms with Crippen LogP contribution in [0.2, 0.25) is 0 Å². The molecule has 2 aliphatic rings. The summed E-state index contributed by atoms with van der Waals surface area (Å²) in [4.78, 5) is 21.2. The molecule has 0 radical (unpaired) electrons.